The molecule has 208 valence electrons. The number of anilines is 1. The smallest absolute Gasteiger partial charge is 0.416 e. The van der Waals surface area contributed by atoms with Crippen molar-refractivity contribution in [3.05, 3.63) is 23.5 Å². The van der Waals surface area contributed by atoms with E-state index >= 15 is 0 Å². The van der Waals surface area contributed by atoms with Crippen LogP contribution in [0, 0.1) is 0 Å². The summed E-state index contributed by atoms with van der Waals surface area (Å²) < 4.78 is 13.5. The lowest BCUT2D eigenvalue weighted by atomic mass is 9.96. The normalized spacial score (nSPS) is 23.7. The highest BCUT2D eigenvalue weighted by Crippen LogP contribution is 2.43. The zero-order valence-corrected chi connectivity index (χ0v) is 24.2. The largest absolute Gasteiger partial charge is 0.444 e. The zero-order chi connectivity index (χ0) is 27.6. The molecule has 2 aromatic rings. The molecular weight excluding hydrogens is 482 g/mol. The van der Waals surface area contributed by atoms with Crippen molar-refractivity contribution in [1.82, 2.24) is 19.5 Å². The van der Waals surface area contributed by atoms with Crippen LogP contribution < -0.4 is 4.90 Å². The number of fused-ring (bicyclic) bond motifs is 3. The number of nitrogens with zero attached hydrogens (tertiary/aromatic N) is 5. The third-order valence-corrected chi connectivity index (χ3v) is 7.63. The summed E-state index contributed by atoms with van der Waals surface area (Å²) in [5.74, 6) is 1.37. The van der Waals surface area contributed by atoms with E-state index in [4.69, 9.17) is 19.6 Å². The zero-order valence-electron chi connectivity index (χ0n) is 24.2. The summed E-state index contributed by atoms with van der Waals surface area (Å²) in [4.78, 5) is 35.7. The van der Waals surface area contributed by atoms with Crippen molar-refractivity contribution in [2.24, 2.45) is 0 Å². The van der Waals surface area contributed by atoms with Crippen molar-refractivity contribution in [2.75, 3.05) is 4.90 Å². The predicted octanol–water partition coefficient (Wildman–Crippen LogP) is 6.40. The van der Waals surface area contributed by atoms with Gasteiger partial charge < -0.3 is 14.4 Å². The maximum absolute atomic E-state index is 13.9. The molecule has 2 atom stereocenters. The topological polar surface area (TPSA) is 89.3 Å². The first kappa shape index (κ1) is 26.8. The van der Waals surface area contributed by atoms with Gasteiger partial charge >= 0.3 is 12.2 Å². The van der Waals surface area contributed by atoms with E-state index in [0.29, 0.717) is 24.6 Å². The second kappa shape index (κ2) is 9.42. The van der Waals surface area contributed by atoms with E-state index in [1.54, 1.807) is 4.90 Å². The molecule has 2 aromatic heterocycles. The predicted molar refractivity (Wildman–Crippen MR) is 146 cm³/mol. The third kappa shape index (κ3) is 5.34. The number of hydrogen-bond donors (Lipinski definition) is 0. The molecule has 9 heteroatoms. The Kier molecular flexibility index (Phi) is 6.63. The number of carbonyl (C=O) groups is 2. The van der Waals surface area contributed by atoms with Crippen LogP contribution >= 0.6 is 0 Å². The van der Waals surface area contributed by atoms with Crippen LogP contribution in [0.15, 0.2) is 12.3 Å². The Morgan fingerprint density at radius 1 is 0.974 bits per heavy atom. The molecule has 2 saturated heterocycles. The maximum atomic E-state index is 13.9. The van der Waals surface area contributed by atoms with Crippen LogP contribution in [0.25, 0.3) is 5.65 Å². The van der Waals surface area contributed by atoms with Crippen molar-refractivity contribution in [3.63, 3.8) is 0 Å². The second-order valence-electron chi connectivity index (χ2n) is 13.6. The monoisotopic (exact) mass is 525 g/mol. The Labute approximate surface area is 225 Å². The van der Waals surface area contributed by atoms with Crippen LogP contribution in [0.2, 0.25) is 0 Å². The van der Waals surface area contributed by atoms with Gasteiger partial charge in [0.25, 0.3) is 0 Å². The summed E-state index contributed by atoms with van der Waals surface area (Å²) in [7, 11) is 0. The lowest BCUT2D eigenvalue weighted by molar-refractivity contribution is 0.00531. The van der Waals surface area contributed by atoms with E-state index in [2.05, 4.69) is 13.8 Å². The highest BCUT2D eigenvalue weighted by molar-refractivity contribution is 5.88. The highest BCUT2D eigenvalue weighted by atomic mass is 16.6. The lowest BCUT2D eigenvalue weighted by Crippen LogP contribution is -2.55. The van der Waals surface area contributed by atoms with Crippen molar-refractivity contribution in [3.8, 4) is 0 Å². The maximum Gasteiger partial charge on any atom is 0.416 e. The van der Waals surface area contributed by atoms with E-state index in [9.17, 15) is 9.59 Å². The molecule has 0 spiro atoms. The Morgan fingerprint density at radius 2 is 1.58 bits per heavy atom. The number of amides is 2. The van der Waals surface area contributed by atoms with Crippen LogP contribution in [-0.2, 0) is 9.47 Å². The molecule has 0 radical (unpaired) electrons. The minimum absolute atomic E-state index is 0.0163. The molecule has 3 fully saturated rings. The fourth-order valence-electron chi connectivity index (χ4n) is 5.86. The number of rotatable bonds is 4. The molecular formula is C29H43N5O4. The molecule has 38 heavy (non-hydrogen) atoms. The fraction of sp³-hybridized carbons (Fsp3) is 0.724. The van der Waals surface area contributed by atoms with Crippen LogP contribution in [0.4, 0.5) is 15.4 Å². The number of aromatic nitrogens is 3. The molecule has 5 rings (SSSR count). The minimum Gasteiger partial charge on any atom is -0.444 e. The number of ether oxygens (including phenoxy) is 2. The first-order chi connectivity index (χ1) is 17.7. The molecule has 3 aliphatic rings. The first-order valence-electron chi connectivity index (χ1n) is 14.1. The molecule has 1 saturated carbocycles. The van der Waals surface area contributed by atoms with E-state index < -0.39 is 11.2 Å². The number of piperidine rings is 1. The lowest BCUT2D eigenvalue weighted by Gasteiger charge is -2.43. The standard InChI is InChI=1S/C29H43N5O4/c1-17(2)22-16-30-34-24(15-23(18-9-10-18)31-25(22)34)33(27(36)38-29(6,7)8)21-13-19-11-12-20(14-21)32(19)26(35)37-28(3,4)5/h15-21H,9-14H2,1-8H3. The Bertz CT molecular complexity index is 1210. The van der Waals surface area contributed by atoms with E-state index in [0.717, 1.165) is 42.6 Å². The number of carbonyl (C=O) groups excluding carboxylic acids is 2. The molecule has 1 aliphatic carbocycles. The Morgan fingerprint density at radius 3 is 2.11 bits per heavy atom. The van der Waals surface area contributed by atoms with Gasteiger partial charge in [0.15, 0.2) is 5.65 Å². The van der Waals surface area contributed by atoms with Gasteiger partial charge in [0.1, 0.15) is 17.0 Å². The van der Waals surface area contributed by atoms with Crippen LogP contribution in [-0.4, -0.2) is 61.0 Å². The molecule has 0 N–H and O–H groups in total. The average Bonchev–Trinajstić information content (AvgIpc) is 3.47. The summed E-state index contributed by atoms with van der Waals surface area (Å²) in [6.07, 6.45) is 6.58. The minimum atomic E-state index is -0.649. The van der Waals surface area contributed by atoms with Gasteiger partial charge in [-0.2, -0.15) is 9.61 Å². The quantitative estimate of drug-likeness (QED) is 0.459. The molecule has 9 nitrogen and oxygen atoms in total. The molecule has 4 heterocycles. The summed E-state index contributed by atoms with van der Waals surface area (Å²) >= 11 is 0. The molecule has 2 bridgehead atoms. The Balaban J connectivity index is 1.55. The van der Waals surface area contributed by atoms with Crippen molar-refractivity contribution in [1.29, 1.82) is 0 Å². The highest BCUT2D eigenvalue weighted by Gasteiger charge is 2.48. The first-order valence-corrected chi connectivity index (χ1v) is 14.1. The van der Waals surface area contributed by atoms with Crippen LogP contribution in [0.1, 0.15) is 117 Å². The second-order valence-corrected chi connectivity index (χ2v) is 13.6. The SMILES string of the molecule is CC(C)c1cnn2c(N(C(=O)OC(C)(C)C)C3CC4CCC(C3)N4C(=O)OC(C)(C)C)cc(C3CC3)nc12. The van der Waals surface area contributed by atoms with Gasteiger partial charge in [0, 0.05) is 41.4 Å². The van der Waals surface area contributed by atoms with E-state index in [1.807, 2.05) is 63.2 Å². The van der Waals surface area contributed by atoms with Gasteiger partial charge in [0.2, 0.25) is 0 Å². The number of hydrogen-bond acceptors (Lipinski definition) is 6. The summed E-state index contributed by atoms with van der Waals surface area (Å²) in [5, 5.41) is 4.71. The van der Waals surface area contributed by atoms with E-state index in [1.165, 1.54) is 0 Å². The summed E-state index contributed by atoms with van der Waals surface area (Å²) in [6.45, 7) is 15.6. The average molecular weight is 526 g/mol. The van der Waals surface area contributed by atoms with Gasteiger partial charge in [-0.1, -0.05) is 13.8 Å². The van der Waals surface area contributed by atoms with Gasteiger partial charge in [-0.25, -0.2) is 14.6 Å². The van der Waals surface area contributed by atoms with Gasteiger partial charge in [-0.05, 0) is 86.0 Å². The van der Waals surface area contributed by atoms with Crippen molar-refractivity contribution in [2.45, 2.75) is 135 Å². The van der Waals surface area contributed by atoms with Gasteiger partial charge in [-0.3, -0.25) is 4.90 Å². The van der Waals surface area contributed by atoms with Crippen molar-refractivity contribution < 1.29 is 19.1 Å². The molecule has 2 aliphatic heterocycles. The summed E-state index contributed by atoms with van der Waals surface area (Å²) in [5.41, 5.74) is 1.69. The van der Waals surface area contributed by atoms with Gasteiger partial charge in [0.05, 0.1) is 6.20 Å². The molecule has 2 amide bonds. The fourth-order valence-corrected chi connectivity index (χ4v) is 5.86. The van der Waals surface area contributed by atoms with Gasteiger partial charge in [-0.15, -0.1) is 0 Å². The molecule has 0 aromatic carbocycles. The van der Waals surface area contributed by atoms with Crippen LogP contribution in [0.3, 0.4) is 0 Å². The van der Waals surface area contributed by atoms with E-state index in [-0.39, 0.29) is 36.2 Å². The van der Waals surface area contributed by atoms with Crippen molar-refractivity contribution >= 4 is 23.7 Å². The summed E-state index contributed by atoms with van der Waals surface area (Å²) in [6, 6.07) is 1.93. The Hall–Kier alpha value is -2.84. The van der Waals surface area contributed by atoms with Crippen LogP contribution in [0.5, 0.6) is 0 Å². The third-order valence-electron chi connectivity index (χ3n) is 7.63. The molecule has 2 unspecified atom stereocenters.